The second-order valence-electron chi connectivity index (χ2n) is 3.52. The molecule has 104 valence electrons. The quantitative estimate of drug-likeness (QED) is 0.587. The summed E-state index contributed by atoms with van der Waals surface area (Å²) in [7, 11) is -2.63. The molecule has 5 N–H and O–H groups in total. The first-order valence-corrected chi connectivity index (χ1v) is 6.52. The van der Waals surface area contributed by atoms with Crippen molar-refractivity contribution in [3.63, 3.8) is 0 Å². The zero-order chi connectivity index (χ0) is 14.6. The average molecular weight is 287 g/mol. The fourth-order valence-electron chi connectivity index (χ4n) is 1.30. The summed E-state index contributed by atoms with van der Waals surface area (Å²) in [5.41, 5.74) is 9.88. The minimum atomic E-state index is -3.95. The van der Waals surface area contributed by atoms with Crippen molar-refractivity contribution in [2.75, 3.05) is 13.7 Å². The lowest BCUT2D eigenvalue weighted by atomic mass is 10.2. The third-order valence-corrected chi connectivity index (χ3v) is 3.58. The Morgan fingerprint density at radius 1 is 1.32 bits per heavy atom. The molecule has 0 aliphatic heterocycles. The molecule has 1 rings (SSSR count). The molecule has 0 aromatic heterocycles. The van der Waals surface area contributed by atoms with Gasteiger partial charge in [-0.2, -0.15) is 0 Å². The minimum absolute atomic E-state index is 0.0792. The van der Waals surface area contributed by atoms with Crippen LogP contribution in [0.2, 0.25) is 0 Å². The predicted molar refractivity (Wildman–Crippen MR) is 65.9 cm³/mol. The molecule has 1 aromatic rings. The van der Waals surface area contributed by atoms with Gasteiger partial charge >= 0.3 is 0 Å². The van der Waals surface area contributed by atoms with Gasteiger partial charge in [0.15, 0.2) is 0 Å². The van der Waals surface area contributed by atoms with E-state index in [2.05, 4.69) is 0 Å². The van der Waals surface area contributed by atoms with Crippen LogP contribution >= 0.6 is 0 Å². The van der Waals surface area contributed by atoms with Gasteiger partial charge in [-0.05, 0) is 18.2 Å². The van der Waals surface area contributed by atoms with Crippen LogP contribution in [0, 0.1) is 0 Å². The maximum Gasteiger partial charge on any atom is 0.252 e. The second-order valence-corrected chi connectivity index (χ2v) is 5.28. The molecule has 0 aliphatic rings. The highest BCUT2D eigenvalue weighted by molar-refractivity contribution is 7.89. The van der Waals surface area contributed by atoms with Crippen molar-refractivity contribution in [2.24, 2.45) is 11.5 Å². The van der Waals surface area contributed by atoms with E-state index in [1.165, 1.54) is 19.2 Å². The van der Waals surface area contributed by atoms with Gasteiger partial charge in [0, 0.05) is 0 Å². The number of sulfonamides is 1. The third kappa shape index (κ3) is 3.66. The lowest BCUT2D eigenvalue weighted by Crippen LogP contribution is -2.33. The van der Waals surface area contributed by atoms with Crippen LogP contribution in [0.15, 0.2) is 23.1 Å². The number of ether oxygens (including phenoxy) is 1. The summed E-state index contributed by atoms with van der Waals surface area (Å²) in [5.74, 6) is -1.50. The molecule has 0 fully saturated rings. The molecule has 0 bridgehead atoms. The number of primary amides is 2. The fourth-order valence-corrected chi connectivity index (χ4v) is 2.32. The Balaban J connectivity index is 3.18. The van der Waals surface area contributed by atoms with Gasteiger partial charge in [-0.3, -0.25) is 9.59 Å². The molecule has 8 nitrogen and oxygen atoms in total. The zero-order valence-corrected chi connectivity index (χ0v) is 10.9. The lowest BCUT2D eigenvalue weighted by molar-refractivity contribution is -0.116. The normalized spacial score (nSPS) is 11.0. The maximum atomic E-state index is 11.8. The molecule has 19 heavy (non-hydrogen) atoms. The highest BCUT2D eigenvalue weighted by Gasteiger charge is 2.18. The Hall–Kier alpha value is -2.13. The number of nitrogens with one attached hydrogen (secondary N) is 1. The highest BCUT2D eigenvalue weighted by Crippen LogP contribution is 2.21. The molecule has 0 saturated carbocycles. The van der Waals surface area contributed by atoms with Crippen molar-refractivity contribution in [3.8, 4) is 5.75 Å². The Bertz CT molecular complexity index is 612. The number of nitrogens with two attached hydrogens (primary N) is 2. The van der Waals surface area contributed by atoms with Crippen molar-refractivity contribution < 1.29 is 22.7 Å². The minimum Gasteiger partial charge on any atom is -0.496 e. The van der Waals surface area contributed by atoms with E-state index in [1.807, 2.05) is 4.72 Å². The molecule has 0 atom stereocenters. The first kappa shape index (κ1) is 14.9. The van der Waals surface area contributed by atoms with Gasteiger partial charge in [0.05, 0.1) is 24.1 Å². The van der Waals surface area contributed by atoms with E-state index in [4.69, 9.17) is 16.2 Å². The Morgan fingerprint density at radius 2 is 1.95 bits per heavy atom. The summed E-state index contributed by atoms with van der Waals surface area (Å²) in [4.78, 5) is 21.5. The van der Waals surface area contributed by atoms with Gasteiger partial charge in [0.1, 0.15) is 5.75 Å². The molecule has 0 spiro atoms. The third-order valence-electron chi connectivity index (χ3n) is 2.18. The summed E-state index contributed by atoms with van der Waals surface area (Å²) >= 11 is 0. The second kappa shape index (κ2) is 5.67. The Labute approximate surface area is 109 Å². The first-order chi connectivity index (χ1) is 8.77. The Morgan fingerprint density at radius 3 is 2.42 bits per heavy atom. The number of methoxy groups -OCH3 is 1. The van der Waals surface area contributed by atoms with E-state index in [9.17, 15) is 18.0 Å². The standard InChI is InChI=1S/C10H13N3O5S/c1-18-8-3-2-6(4-7(8)10(12)15)19(16,17)13-5-9(11)14/h2-4,13H,5H2,1H3,(H2,11,14)(H2,12,15). The van der Waals surface area contributed by atoms with Crippen molar-refractivity contribution >= 4 is 21.8 Å². The number of carbonyl (C=O) groups is 2. The molecule has 0 radical (unpaired) electrons. The molecule has 2 amide bonds. The number of carbonyl (C=O) groups excluding carboxylic acids is 2. The Kier molecular flexibility index (Phi) is 4.46. The van der Waals surface area contributed by atoms with Crippen LogP contribution in [-0.2, 0) is 14.8 Å². The monoisotopic (exact) mass is 287 g/mol. The first-order valence-electron chi connectivity index (χ1n) is 5.03. The number of hydrogen-bond donors (Lipinski definition) is 3. The van der Waals surface area contributed by atoms with Gasteiger partial charge in [0.25, 0.3) is 5.91 Å². The van der Waals surface area contributed by atoms with Crippen LogP contribution in [0.5, 0.6) is 5.75 Å². The number of benzene rings is 1. The van der Waals surface area contributed by atoms with Crippen molar-refractivity contribution in [1.82, 2.24) is 4.72 Å². The maximum absolute atomic E-state index is 11.8. The van der Waals surface area contributed by atoms with Crippen LogP contribution in [0.1, 0.15) is 10.4 Å². The summed E-state index contributed by atoms with van der Waals surface area (Å²) in [6.07, 6.45) is 0. The zero-order valence-electron chi connectivity index (χ0n) is 10.0. The largest absolute Gasteiger partial charge is 0.496 e. The fraction of sp³-hybridized carbons (Fsp3) is 0.200. The molecule has 0 unspecified atom stereocenters. The smallest absolute Gasteiger partial charge is 0.252 e. The number of hydrogen-bond acceptors (Lipinski definition) is 5. The van der Waals surface area contributed by atoms with Gasteiger partial charge in [-0.15, -0.1) is 0 Å². The average Bonchev–Trinajstić information content (AvgIpc) is 2.35. The molecule has 0 aliphatic carbocycles. The van der Waals surface area contributed by atoms with E-state index in [0.29, 0.717) is 0 Å². The van der Waals surface area contributed by atoms with E-state index < -0.39 is 28.4 Å². The summed E-state index contributed by atoms with van der Waals surface area (Å²) < 4.78 is 30.5. The number of amides is 2. The van der Waals surface area contributed by atoms with Crippen molar-refractivity contribution in [3.05, 3.63) is 23.8 Å². The summed E-state index contributed by atoms with van der Waals surface area (Å²) in [6, 6.07) is 3.57. The van der Waals surface area contributed by atoms with E-state index in [1.54, 1.807) is 0 Å². The van der Waals surface area contributed by atoms with E-state index in [0.717, 1.165) is 6.07 Å². The SMILES string of the molecule is COc1ccc(S(=O)(=O)NCC(N)=O)cc1C(N)=O. The van der Waals surface area contributed by atoms with E-state index in [-0.39, 0.29) is 16.2 Å². The van der Waals surface area contributed by atoms with Gasteiger partial charge in [-0.25, -0.2) is 13.1 Å². The highest BCUT2D eigenvalue weighted by atomic mass is 32.2. The molecule has 9 heteroatoms. The molecular formula is C10H13N3O5S. The van der Waals surface area contributed by atoms with Crippen molar-refractivity contribution in [2.45, 2.75) is 4.90 Å². The van der Waals surface area contributed by atoms with Crippen LogP contribution in [0.25, 0.3) is 0 Å². The van der Waals surface area contributed by atoms with E-state index >= 15 is 0 Å². The summed E-state index contributed by atoms with van der Waals surface area (Å²) in [6.45, 7) is -0.541. The van der Waals surface area contributed by atoms with Crippen LogP contribution < -0.4 is 20.9 Å². The number of rotatable bonds is 6. The topological polar surface area (TPSA) is 142 Å². The molecular weight excluding hydrogens is 274 g/mol. The molecule has 0 heterocycles. The summed E-state index contributed by atoms with van der Waals surface area (Å²) in [5, 5.41) is 0. The molecule has 1 aromatic carbocycles. The lowest BCUT2D eigenvalue weighted by Gasteiger charge is -2.09. The van der Waals surface area contributed by atoms with Crippen LogP contribution in [0.4, 0.5) is 0 Å². The molecule has 0 saturated heterocycles. The van der Waals surface area contributed by atoms with Crippen LogP contribution in [0.3, 0.4) is 0 Å². The van der Waals surface area contributed by atoms with Gasteiger partial charge in [-0.1, -0.05) is 0 Å². The van der Waals surface area contributed by atoms with Crippen LogP contribution in [-0.4, -0.2) is 33.9 Å². The predicted octanol–water partition coefficient (Wildman–Crippen LogP) is -1.44. The van der Waals surface area contributed by atoms with Crippen molar-refractivity contribution in [1.29, 1.82) is 0 Å². The van der Waals surface area contributed by atoms with Gasteiger partial charge < -0.3 is 16.2 Å². The van der Waals surface area contributed by atoms with Gasteiger partial charge in [0.2, 0.25) is 15.9 Å².